The van der Waals surface area contributed by atoms with Crippen LogP contribution in [0.25, 0.3) is 10.9 Å². The molecular weight excluding hydrogens is 348 g/mol. The minimum atomic E-state index is -0.350. The molecule has 1 fully saturated rings. The minimum absolute atomic E-state index is 0.213. The Morgan fingerprint density at radius 2 is 1.96 bits per heavy atom. The summed E-state index contributed by atoms with van der Waals surface area (Å²) in [4.78, 5) is 14.4. The molecule has 2 heterocycles. The molecule has 7 heteroatoms. The monoisotopic (exact) mass is 376 g/mol. The summed E-state index contributed by atoms with van der Waals surface area (Å²) in [6, 6.07) is 8.03. The van der Waals surface area contributed by atoms with Crippen molar-refractivity contribution in [1.82, 2.24) is 9.47 Å². The van der Waals surface area contributed by atoms with Crippen LogP contribution in [0, 0.1) is 6.92 Å². The van der Waals surface area contributed by atoms with Crippen LogP contribution < -0.4 is 0 Å². The van der Waals surface area contributed by atoms with Crippen LogP contribution in [-0.4, -0.2) is 75.4 Å². The second-order valence-corrected chi connectivity index (χ2v) is 6.80. The van der Waals surface area contributed by atoms with Crippen molar-refractivity contribution < 1.29 is 23.7 Å². The molecule has 0 saturated carbocycles. The van der Waals surface area contributed by atoms with Crippen molar-refractivity contribution >= 4 is 16.9 Å². The summed E-state index contributed by atoms with van der Waals surface area (Å²) in [5.41, 5.74) is 2.43. The molecule has 0 N–H and O–H groups in total. The van der Waals surface area contributed by atoms with Gasteiger partial charge >= 0.3 is 5.97 Å². The molecule has 0 aliphatic carbocycles. The number of likely N-dealkylation sites (N-methyl/N-ethyl adjacent to an activating group) is 1. The van der Waals surface area contributed by atoms with Gasteiger partial charge in [0.2, 0.25) is 0 Å². The van der Waals surface area contributed by atoms with Crippen molar-refractivity contribution in [3.8, 4) is 0 Å². The summed E-state index contributed by atoms with van der Waals surface area (Å²) in [7, 11) is 5.15. The van der Waals surface area contributed by atoms with Crippen LogP contribution in [0.3, 0.4) is 0 Å². The molecule has 2 aromatic rings. The van der Waals surface area contributed by atoms with Crippen LogP contribution in [0.15, 0.2) is 24.3 Å². The predicted octanol–water partition coefficient (Wildman–Crippen LogP) is 2.06. The minimum Gasteiger partial charge on any atom is -0.465 e. The van der Waals surface area contributed by atoms with Crippen molar-refractivity contribution in [3.05, 3.63) is 35.5 Å². The lowest BCUT2D eigenvalue weighted by molar-refractivity contribution is -0.208. The molecule has 0 bridgehead atoms. The van der Waals surface area contributed by atoms with E-state index in [0.29, 0.717) is 31.9 Å². The quantitative estimate of drug-likeness (QED) is 0.690. The van der Waals surface area contributed by atoms with E-state index >= 15 is 0 Å². The third-order valence-corrected chi connectivity index (χ3v) is 5.17. The van der Waals surface area contributed by atoms with Crippen LogP contribution >= 0.6 is 0 Å². The van der Waals surface area contributed by atoms with E-state index in [1.54, 1.807) is 7.11 Å². The number of aromatic nitrogens is 1. The second-order valence-electron chi connectivity index (χ2n) is 6.80. The lowest BCUT2D eigenvalue weighted by Crippen LogP contribution is -2.47. The first kappa shape index (κ1) is 19.8. The first-order chi connectivity index (χ1) is 13.1. The van der Waals surface area contributed by atoms with E-state index in [4.69, 9.17) is 18.9 Å². The van der Waals surface area contributed by atoms with Gasteiger partial charge in [-0.25, -0.2) is 4.79 Å². The molecule has 0 amide bonds. The normalized spacial score (nSPS) is 20.3. The molecular formula is C20H28N2O5. The maximum absolute atomic E-state index is 12.2. The Morgan fingerprint density at radius 3 is 2.63 bits per heavy atom. The van der Waals surface area contributed by atoms with Crippen LogP contribution in [0.1, 0.15) is 16.1 Å². The third kappa shape index (κ3) is 4.16. The van der Waals surface area contributed by atoms with Crippen molar-refractivity contribution in [2.24, 2.45) is 0 Å². The largest absolute Gasteiger partial charge is 0.465 e. The highest BCUT2D eigenvalue weighted by atomic mass is 16.7. The van der Waals surface area contributed by atoms with Crippen LogP contribution in [0.4, 0.5) is 0 Å². The van der Waals surface area contributed by atoms with Gasteiger partial charge in [0.15, 0.2) is 6.29 Å². The SMILES string of the molecule is COCCN(C)C1COC(Cn2c(C)c(C(=O)OC)c3ccccc32)OC1. The number of carbonyl (C=O) groups is 1. The van der Waals surface area contributed by atoms with Crippen molar-refractivity contribution in [1.29, 1.82) is 0 Å². The lowest BCUT2D eigenvalue weighted by Gasteiger charge is -2.35. The summed E-state index contributed by atoms with van der Waals surface area (Å²) >= 11 is 0. The Balaban J connectivity index is 1.73. The van der Waals surface area contributed by atoms with Crippen molar-refractivity contribution in [3.63, 3.8) is 0 Å². The highest BCUT2D eigenvalue weighted by Gasteiger charge is 2.27. The van der Waals surface area contributed by atoms with Gasteiger partial charge in [0.25, 0.3) is 0 Å². The highest BCUT2D eigenvalue weighted by molar-refractivity contribution is 6.05. The molecule has 0 atom stereocenters. The highest BCUT2D eigenvalue weighted by Crippen LogP contribution is 2.27. The van der Waals surface area contributed by atoms with E-state index in [-0.39, 0.29) is 18.3 Å². The van der Waals surface area contributed by atoms with Crippen molar-refractivity contribution in [2.45, 2.75) is 25.8 Å². The first-order valence-corrected chi connectivity index (χ1v) is 9.15. The van der Waals surface area contributed by atoms with Gasteiger partial charge in [-0.2, -0.15) is 0 Å². The van der Waals surface area contributed by atoms with Gasteiger partial charge < -0.3 is 23.5 Å². The Morgan fingerprint density at radius 1 is 1.26 bits per heavy atom. The molecule has 148 valence electrons. The molecule has 3 rings (SSSR count). The zero-order valence-corrected chi connectivity index (χ0v) is 16.4. The van der Waals surface area contributed by atoms with Crippen LogP contribution in [0.5, 0.6) is 0 Å². The molecule has 0 radical (unpaired) electrons. The van der Waals surface area contributed by atoms with E-state index in [0.717, 1.165) is 23.1 Å². The van der Waals surface area contributed by atoms with E-state index in [2.05, 4.69) is 9.47 Å². The summed E-state index contributed by atoms with van der Waals surface area (Å²) in [5, 5.41) is 0.884. The van der Waals surface area contributed by atoms with Gasteiger partial charge in [-0.05, 0) is 20.0 Å². The number of ether oxygens (including phenoxy) is 4. The fourth-order valence-corrected chi connectivity index (χ4v) is 3.49. The van der Waals surface area contributed by atoms with E-state index in [1.165, 1.54) is 7.11 Å². The van der Waals surface area contributed by atoms with Gasteiger partial charge in [-0.3, -0.25) is 4.90 Å². The summed E-state index contributed by atoms with van der Waals surface area (Å²) in [6.45, 7) is 5.18. The zero-order chi connectivity index (χ0) is 19.4. The number of para-hydroxylation sites is 1. The summed E-state index contributed by atoms with van der Waals surface area (Å²) < 4.78 is 24.1. The number of benzene rings is 1. The van der Waals surface area contributed by atoms with Gasteiger partial charge in [0.05, 0.1) is 45.1 Å². The molecule has 7 nitrogen and oxygen atoms in total. The molecule has 1 aliphatic rings. The topological polar surface area (TPSA) is 62.2 Å². The maximum Gasteiger partial charge on any atom is 0.340 e. The average Bonchev–Trinajstić information content (AvgIpc) is 2.98. The van der Waals surface area contributed by atoms with Crippen LogP contribution in [0.2, 0.25) is 0 Å². The smallest absolute Gasteiger partial charge is 0.340 e. The fraction of sp³-hybridized carbons (Fsp3) is 0.550. The van der Waals surface area contributed by atoms with Gasteiger partial charge in [0.1, 0.15) is 0 Å². The standard InChI is InChI=1S/C20H28N2O5/c1-14-19(20(23)25-4)16-7-5-6-8-17(16)22(14)11-18-26-12-15(13-27-18)21(2)9-10-24-3/h5-8,15,18H,9-13H2,1-4H3. The maximum atomic E-state index is 12.2. The number of rotatable bonds is 7. The van der Waals surface area contributed by atoms with Crippen LogP contribution in [-0.2, 0) is 25.5 Å². The molecule has 0 spiro atoms. The number of fused-ring (bicyclic) bond motifs is 1. The van der Waals surface area contributed by atoms with Gasteiger partial charge in [-0.15, -0.1) is 0 Å². The van der Waals surface area contributed by atoms with E-state index < -0.39 is 0 Å². The number of hydrogen-bond acceptors (Lipinski definition) is 6. The van der Waals surface area contributed by atoms with E-state index in [9.17, 15) is 4.79 Å². The molecule has 1 aromatic heterocycles. The fourth-order valence-electron chi connectivity index (χ4n) is 3.49. The van der Waals surface area contributed by atoms with Gasteiger partial charge in [0, 0.05) is 30.3 Å². The number of hydrogen-bond donors (Lipinski definition) is 0. The molecule has 1 aromatic carbocycles. The number of nitrogens with zero attached hydrogens (tertiary/aromatic N) is 2. The summed E-state index contributed by atoms with van der Waals surface area (Å²) in [6.07, 6.45) is -0.350. The average molecular weight is 376 g/mol. The first-order valence-electron chi connectivity index (χ1n) is 9.15. The Bertz CT molecular complexity index is 780. The number of carbonyl (C=O) groups excluding carboxylic acids is 1. The zero-order valence-electron chi connectivity index (χ0n) is 16.4. The molecule has 1 saturated heterocycles. The number of esters is 1. The molecule has 0 unspecified atom stereocenters. The van der Waals surface area contributed by atoms with Gasteiger partial charge in [-0.1, -0.05) is 18.2 Å². The summed E-state index contributed by atoms with van der Waals surface area (Å²) in [5.74, 6) is -0.326. The Kier molecular flexibility index (Phi) is 6.49. The predicted molar refractivity (Wildman–Crippen MR) is 102 cm³/mol. The molecule has 1 aliphatic heterocycles. The van der Waals surface area contributed by atoms with E-state index in [1.807, 2.05) is 38.2 Å². The Labute approximate surface area is 159 Å². The van der Waals surface area contributed by atoms with Crippen molar-refractivity contribution in [2.75, 3.05) is 47.6 Å². The third-order valence-electron chi connectivity index (χ3n) is 5.17. The number of methoxy groups -OCH3 is 2. The second kappa shape index (κ2) is 8.84. The lowest BCUT2D eigenvalue weighted by atomic mass is 10.1. The molecule has 27 heavy (non-hydrogen) atoms. The Hall–Kier alpha value is -1.93.